The van der Waals surface area contributed by atoms with E-state index in [1.54, 1.807) is 12.1 Å². The second-order valence-electron chi connectivity index (χ2n) is 7.29. The molecule has 1 aliphatic rings. The van der Waals surface area contributed by atoms with Crippen molar-refractivity contribution in [3.63, 3.8) is 0 Å². The summed E-state index contributed by atoms with van der Waals surface area (Å²) in [5, 5.41) is 3.56. The molecule has 5 nitrogen and oxygen atoms in total. The highest BCUT2D eigenvalue weighted by Crippen LogP contribution is 2.33. The van der Waals surface area contributed by atoms with Crippen molar-refractivity contribution in [2.24, 2.45) is 13.0 Å². The van der Waals surface area contributed by atoms with Crippen LogP contribution in [0.25, 0.3) is 10.9 Å². The predicted molar refractivity (Wildman–Crippen MR) is 100 cm³/mol. The van der Waals surface area contributed by atoms with Gasteiger partial charge in [-0.05, 0) is 36.4 Å². The molecule has 2 heterocycles. The monoisotopic (exact) mass is 395 g/mol. The van der Waals surface area contributed by atoms with E-state index in [2.05, 4.69) is 5.32 Å². The third kappa shape index (κ3) is 4.00. The van der Waals surface area contributed by atoms with Crippen molar-refractivity contribution < 1.29 is 22.8 Å². The van der Waals surface area contributed by atoms with Crippen LogP contribution < -0.4 is 5.32 Å². The maximum atomic E-state index is 14.4. The summed E-state index contributed by atoms with van der Waals surface area (Å²) in [4.78, 5) is 25.1. The SMILES string of the molecule is CCC(F)C(=O)N1CCC(CNC(=O)c2ccc3ccn(C)c3c2)C(F)(F)C1. The summed E-state index contributed by atoms with van der Waals surface area (Å²) in [6.45, 7) is 0.536. The summed E-state index contributed by atoms with van der Waals surface area (Å²) in [5.74, 6) is -5.59. The van der Waals surface area contributed by atoms with Crippen molar-refractivity contribution >= 4 is 22.7 Å². The molecule has 1 aliphatic heterocycles. The number of nitrogens with zero attached hydrogens (tertiary/aromatic N) is 2. The number of carbonyl (C=O) groups is 2. The van der Waals surface area contributed by atoms with Crippen LogP contribution in [0.2, 0.25) is 0 Å². The van der Waals surface area contributed by atoms with Gasteiger partial charge in [0.1, 0.15) is 0 Å². The molecule has 0 bridgehead atoms. The summed E-state index contributed by atoms with van der Waals surface area (Å²) in [6.07, 6.45) is 0.0974. The molecule has 1 fully saturated rings. The number of aromatic nitrogens is 1. The van der Waals surface area contributed by atoms with E-state index in [4.69, 9.17) is 0 Å². The number of amides is 2. The van der Waals surface area contributed by atoms with Gasteiger partial charge in [-0.2, -0.15) is 0 Å². The molecule has 8 heteroatoms. The molecule has 2 amide bonds. The molecule has 0 saturated carbocycles. The average Bonchev–Trinajstić information content (AvgIpc) is 3.05. The minimum atomic E-state index is -3.18. The highest BCUT2D eigenvalue weighted by atomic mass is 19.3. The Balaban J connectivity index is 1.61. The first-order chi connectivity index (χ1) is 13.2. The van der Waals surface area contributed by atoms with E-state index in [0.717, 1.165) is 15.8 Å². The van der Waals surface area contributed by atoms with Gasteiger partial charge in [0.2, 0.25) is 0 Å². The zero-order chi connectivity index (χ0) is 20.5. The maximum Gasteiger partial charge on any atom is 0.269 e. The summed E-state index contributed by atoms with van der Waals surface area (Å²) >= 11 is 0. The first-order valence-electron chi connectivity index (χ1n) is 9.37. The van der Waals surface area contributed by atoms with E-state index in [-0.39, 0.29) is 25.9 Å². The molecule has 1 aromatic carbocycles. The van der Waals surface area contributed by atoms with E-state index in [9.17, 15) is 22.8 Å². The fraction of sp³-hybridized carbons (Fsp3) is 0.500. The number of piperidine rings is 1. The van der Waals surface area contributed by atoms with Gasteiger partial charge in [-0.3, -0.25) is 9.59 Å². The Kier molecular flexibility index (Phi) is 5.67. The molecule has 0 aliphatic carbocycles. The Morgan fingerprint density at radius 2 is 2.07 bits per heavy atom. The summed E-state index contributed by atoms with van der Waals surface area (Å²) in [6, 6.07) is 7.11. The number of benzene rings is 1. The van der Waals surface area contributed by atoms with Gasteiger partial charge in [-0.1, -0.05) is 13.0 Å². The average molecular weight is 395 g/mol. The van der Waals surface area contributed by atoms with Gasteiger partial charge in [0.05, 0.1) is 6.54 Å². The number of fused-ring (bicyclic) bond motifs is 1. The van der Waals surface area contributed by atoms with Crippen LogP contribution in [0.5, 0.6) is 0 Å². The number of carbonyl (C=O) groups excluding carboxylic acids is 2. The van der Waals surface area contributed by atoms with Crippen molar-refractivity contribution in [3.8, 4) is 0 Å². The fourth-order valence-electron chi connectivity index (χ4n) is 3.52. The molecular weight excluding hydrogens is 371 g/mol. The van der Waals surface area contributed by atoms with Crippen LogP contribution in [0, 0.1) is 5.92 Å². The lowest BCUT2D eigenvalue weighted by Crippen LogP contribution is -2.54. The number of nitrogens with one attached hydrogen (secondary N) is 1. The van der Waals surface area contributed by atoms with Crippen molar-refractivity contribution in [2.75, 3.05) is 19.6 Å². The lowest BCUT2D eigenvalue weighted by molar-refractivity contribution is -0.154. The highest BCUT2D eigenvalue weighted by molar-refractivity contribution is 5.98. The van der Waals surface area contributed by atoms with Crippen molar-refractivity contribution in [2.45, 2.75) is 31.9 Å². The number of likely N-dealkylation sites (tertiary alicyclic amines) is 1. The van der Waals surface area contributed by atoms with E-state index in [1.807, 2.05) is 29.9 Å². The largest absolute Gasteiger partial charge is 0.352 e. The number of alkyl halides is 3. The minimum Gasteiger partial charge on any atom is -0.352 e. The zero-order valence-electron chi connectivity index (χ0n) is 15.9. The number of rotatable bonds is 5. The lowest BCUT2D eigenvalue weighted by atomic mass is 9.92. The fourth-order valence-corrected chi connectivity index (χ4v) is 3.52. The second kappa shape index (κ2) is 7.85. The molecule has 0 radical (unpaired) electrons. The van der Waals surface area contributed by atoms with Gasteiger partial charge in [0, 0.05) is 43.3 Å². The topological polar surface area (TPSA) is 54.3 Å². The summed E-state index contributed by atoms with van der Waals surface area (Å²) in [7, 11) is 1.86. The zero-order valence-corrected chi connectivity index (χ0v) is 15.9. The van der Waals surface area contributed by atoms with Gasteiger partial charge in [-0.15, -0.1) is 0 Å². The smallest absolute Gasteiger partial charge is 0.269 e. The molecule has 2 aromatic rings. The lowest BCUT2D eigenvalue weighted by Gasteiger charge is -2.38. The molecule has 28 heavy (non-hydrogen) atoms. The number of halogens is 3. The van der Waals surface area contributed by atoms with Crippen LogP contribution >= 0.6 is 0 Å². The number of hydrogen-bond acceptors (Lipinski definition) is 2. The predicted octanol–water partition coefficient (Wildman–Crippen LogP) is 3.14. The van der Waals surface area contributed by atoms with Crippen molar-refractivity contribution in [1.82, 2.24) is 14.8 Å². The van der Waals surface area contributed by atoms with Crippen LogP contribution in [0.15, 0.2) is 30.5 Å². The normalized spacial score (nSPS) is 20.2. The quantitative estimate of drug-likeness (QED) is 0.846. The van der Waals surface area contributed by atoms with Gasteiger partial charge in [0.15, 0.2) is 6.17 Å². The van der Waals surface area contributed by atoms with Crippen LogP contribution in [0.1, 0.15) is 30.1 Å². The van der Waals surface area contributed by atoms with E-state index in [1.165, 1.54) is 6.92 Å². The second-order valence-corrected chi connectivity index (χ2v) is 7.29. The van der Waals surface area contributed by atoms with Crippen LogP contribution in [0.4, 0.5) is 13.2 Å². The van der Waals surface area contributed by atoms with E-state index >= 15 is 0 Å². The summed E-state index contributed by atoms with van der Waals surface area (Å²) in [5.41, 5.74) is 1.27. The van der Waals surface area contributed by atoms with Gasteiger partial charge in [0.25, 0.3) is 17.7 Å². The standard InChI is InChI=1S/C20H24F3N3O2/c1-3-16(21)19(28)26-9-7-15(20(22,23)12-26)11-24-18(27)14-5-4-13-6-8-25(2)17(13)10-14/h4-6,8,10,15-16H,3,7,9,11-12H2,1-2H3,(H,24,27). The Bertz CT molecular complexity index is 881. The van der Waals surface area contributed by atoms with Gasteiger partial charge in [-0.25, -0.2) is 13.2 Å². The first-order valence-corrected chi connectivity index (χ1v) is 9.37. The molecular formula is C20H24F3N3O2. The maximum absolute atomic E-state index is 14.4. The molecule has 1 N–H and O–H groups in total. The Morgan fingerprint density at radius 3 is 2.75 bits per heavy atom. The summed E-state index contributed by atoms with van der Waals surface area (Å²) < 4.78 is 44.3. The minimum absolute atomic E-state index is 0.00625. The van der Waals surface area contributed by atoms with Gasteiger partial charge >= 0.3 is 0 Å². The van der Waals surface area contributed by atoms with Crippen LogP contribution in [-0.4, -0.2) is 53.0 Å². The number of aryl methyl sites for hydroxylation is 1. The van der Waals surface area contributed by atoms with Crippen LogP contribution in [0.3, 0.4) is 0 Å². The highest BCUT2D eigenvalue weighted by Gasteiger charge is 2.46. The molecule has 1 saturated heterocycles. The van der Waals surface area contributed by atoms with Crippen molar-refractivity contribution in [1.29, 1.82) is 0 Å². The molecule has 152 valence electrons. The van der Waals surface area contributed by atoms with E-state index in [0.29, 0.717) is 5.56 Å². The Hall–Kier alpha value is -2.51. The Labute approximate surface area is 161 Å². The van der Waals surface area contributed by atoms with Crippen molar-refractivity contribution in [3.05, 3.63) is 36.0 Å². The number of hydrogen-bond donors (Lipinski definition) is 1. The first kappa shape index (κ1) is 20.2. The van der Waals surface area contributed by atoms with Crippen LogP contribution in [-0.2, 0) is 11.8 Å². The Morgan fingerprint density at radius 1 is 1.32 bits per heavy atom. The van der Waals surface area contributed by atoms with E-state index < -0.39 is 36.4 Å². The van der Waals surface area contributed by atoms with Gasteiger partial charge < -0.3 is 14.8 Å². The third-order valence-corrected chi connectivity index (χ3v) is 5.34. The molecule has 3 rings (SSSR count). The molecule has 2 atom stereocenters. The molecule has 1 aromatic heterocycles. The third-order valence-electron chi connectivity index (χ3n) is 5.34. The molecule has 2 unspecified atom stereocenters. The molecule has 0 spiro atoms.